The van der Waals surface area contributed by atoms with Crippen LogP contribution in [0.25, 0.3) is 0 Å². The van der Waals surface area contributed by atoms with Crippen molar-refractivity contribution < 1.29 is 28.6 Å². The molecule has 0 aliphatic carbocycles. The van der Waals surface area contributed by atoms with Gasteiger partial charge in [0.1, 0.15) is 13.2 Å². The van der Waals surface area contributed by atoms with E-state index >= 15 is 0 Å². The third-order valence-corrected chi connectivity index (χ3v) is 9.11. The molecule has 0 heterocycles. The molecule has 1 unspecified atom stereocenters. The number of esters is 3. The highest BCUT2D eigenvalue weighted by Crippen LogP contribution is 2.11. The molecule has 0 fully saturated rings. The average molecular weight is 791 g/mol. The summed E-state index contributed by atoms with van der Waals surface area (Å²) in [5.74, 6) is -1.09. The lowest BCUT2D eigenvalue weighted by Gasteiger charge is -2.18. The van der Waals surface area contributed by atoms with Gasteiger partial charge in [-0.15, -0.1) is 0 Å². The Morgan fingerprint density at radius 1 is 0.386 bits per heavy atom. The summed E-state index contributed by atoms with van der Waals surface area (Å²) in [5.41, 5.74) is 0. The van der Waals surface area contributed by atoms with Crippen molar-refractivity contribution in [3.05, 3.63) is 97.2 Å². The molecule has 0 rings (SSSR count). The van der Waals surface area contributed by atoms with E-state index in [1.165, 1.54) is 38.5 Å². The summed E-state index contributed by atoms with van der Waals surface area (Å²) in [6.07, 6.45) is 58.7. The second-order valence-corrected chi connectivity index (χ2v) is 14.6. The Morgan fingerprint density at radius 3 is 1.19 bits per heavy atom. The molecular formula is C51H82O6. The predicted octanol–water partition coefficient (Wildman–Crippen LogP) is 14.6. The Bertz CT molecular complexity index is 1180. The van der Waals surface area contributed by atoms with Crippen molar-refractivity contribution >= 4 is 17.9 Å². The third kappa shape index (κ3) is 43.3. The van der Waals surface area contributed by atoms with E-state index in [2.05, 4.69) is 106 Å². The number of hydrogen-bond acceptors (Lipinski definition) is 6. The van der Waals surface area contributed by atoms with Crippen molar-refractivity contribution in [2.45, 2.75) is 194 Å². The van der Waals surface area contributed by atoms with Gasteiger partial charge in [0.05, 0.1) is 6.42 Å². The van der Waals surface area contributed by atoms with Crippen LogP contribution in [0.1, 0.15) is 188 Å². The Balaban J connectivity index is 4.38. The van der Waals surface area contributed by atoms with Crippen molar-refractivity contribution in [2.24, 2.45) is 0 Å². The summed E-state index contributed by atoms with van der Waals surface area (Å²) in [7, 11) is 0. The fraction of sp³-hybridized carbons (Fsp3) is 0.627. The molecule has 0 aliphatic rings. The number of carbonyl (C=O) groups is 3. The van der Waals surface area contributed by atoms with Gasteiger partial charge in [-0.05, 0) is 83.5 Å². The normalized spacial score (nSPS) is 13.0. The molecule has 1 atom stereocenters. The predicted molar refractivity (Wildman–Crippen MR) is 242 cm³/mol. The van der Waals surface area contributed by atoms with E-state index < -0.39 is 12.1 Å². The Morgan fingerprint density at radius 2 is 0.737 bits per heavy atom. The summed E-state index contributed by atoms with van der Waals surface area (Å²) in [6.45, 7) is 6.28. The van der Waals surface area contributed by atoms with Gasteiger partial charge in [-0.3, -0.25) is 14.4 Å². The maximum absolute atomic E-state index is 12.6. The molecule has 0 aromatic heterocycles. The van der Waals surface area contributed by atoms with Crippen molar-refractivity contribution in [3.63, 3.8) is 0 Å². The third-order valence-electron chi connectivity index (χ3n) is 9.11. The van der Waals surface area contributed by atoms with E-state index in [9.17, 15) is 14.4 Å². The van der Waals surface area contributed by atoms with Gasteiger partial charge < -0.3 is 14.2 Å². The smallest absolute Gasteiger partial charge is 0.310 e. The second-order valence-electron chi connectivity index (χ2n) is 14.6. The van der Waals surface area contributed by atoms with Crippen LogP contribution in [0.2, 0.25) is 0 Å². The van der Waals surface area contributed by atoms with Gasteiger partial charge in [0.25, 0.3) is 0 Å². The van der Waals surface area contributed by atoms with Crippen molar-refractivity contribution in [2.75, 3.05) is 13.2 Å². The summed E-state index contributed by atoms with van der Waals surface area (Å²) in [4.78, 5) is 37.4. The summed E-state index contributed by atoms with van der Waals surface area (Å²) < 4.78 is 16.5. The van der Waals surface area contributed by atoms with Gasteiger partial charge >= 0.3 is 17.9 Å². The maximum atomic E-state index is 12.6. The van der Waals surface area contributed by atoms with Crippen LogP contribution in [-0.4, -0.2) is 37.2 Å². The number of rotatable bonds is 39. The van der Waals surface area contributed by atoms with Gasteiger partial charge in [0.2, 0.25) is 0 Å². The van der Waals surface area contributed by atoms with E-state index in [1.54, 1.807) is 6.08 Å². The molecular weight excluding hydrogens is 709 g/mol. The van der Waals surface area contributed by atoms with Gasteiger partial charge in [0.15, 0.2) is 6.10 Å². The van der Waals surface area contributed by atoms with Crippen LogP contribution in [0.5, 0.6) is 0 Å². The Labute approximate surface area is 349 Å². The molecule has 0 spiro atoms. The zero-order valence-electron chi connectivity index (χ0n) is 36.6. The molecule has 0 amide bonds. The van der Waals surface area contributed by atoms with Crippen LogP contribution >= 0.6 is 0 Å². The van der Waals surface area contributed by atoms with Gasteiger partial charge in [-0.2, -0.15) is 0 Å². The van der Waals surface area contributed by atoms with E-state index in [-0.39, 0.29) is 31.6 Å². The van der Waals surface area contributed by atoms with Crippen molar-refractivity contribution in [3.8, 4) is 0 Å². The molecule has 0 saturated carbocycles. The first-order valence-electron chi connectivity index (χ1n) is 22.7. The standard InChI is InChI=1S/C51H82O6/c1-4-7-10-13-15-17-19-21-23-24-25-26-28-29-31-33-35-38-41-44-50(53)56-47-48(46-55-49(52)43-40-37-12-9-6-3)57-51(54)45-42-39-36-34-32-30-27-22-20-18-16-14-11-8-5-2/h8,11,15-18,21-23,25-27,32,34,39,42,48H,4-7,9-10,12-14,19-20,24,28-31,33,35-38,40-41,43-47H2,1-3H3/b11-8-,17-15-,18-16-,23-21-,26-25-,27-22-,34-32-,42-39-. The molecule has 322 valence electrons. The number of carbonyl (C=O) groups excluding carboxylic acids is 3. The average Bonchev–Trinajstić information content (AvgIpc) is 3.21. The highest BCUT2D eigenvalue weighted by molar-refractivity contribution is 5.72. The Hall–Kier alpha value is -3.67. The summed E-state index contributed by atoms with van der Waals surface area (Å²) >= 11 is 0. The second kappa shape index (κ2) is 45.0. The first kappa shape index (κ1) is 53.3. The number of unbranched alkanes of at least 4 members (excludes halogenated alkanes) is 13. The molecule has 0 aromatic carbocycles. The summed E-state index contributed by atoms with van der Waals surface area (Å²) in [5, 5.41) is 0. The fourth-order valence-corrected chi connectivity index (χ4v) is 5.70. The molecule has 0 N–H and O–H groups in total. The summed E-state index contributed by atoms with van der Waals surface area (Å²) in [6, 6.07) is 0. The van der Waals surface area contributed by atoms with Crippen molar-refractivity contribution in [1.29, 1.82) is 0 Å². The van der Waals surface area contributed by atoms with Crippen LogP contribution in [0.4, 0.5) is 0 Å². The van der Waals surface area contributed by atoms with Crippen LogP contribution < -0.4 is 0 Å². The van der Waals surface area contributed by atoms with Crippen LogP contribution in [-0.2, 0) is 28.6 Å². The molecule has 57 heavy (non-hydrogen) atoms. The highest BCUT2D eigenvalue weighted by atomic mass is 16.6. The molecule has 6 nitrogen and oxygen atoms in total. The molecule has 0 aliphatic heterocycles. The van der Waals surface area contributed by atoms with Crippen LogP contribution in [0.15, 0.2) is 97.2 Å². The lowest BCUT2D eigenvalue weighted by Crippen LogP contribution is -2.30. The molecule has 0 bridgehead atoms. The Kier molecular flexibility index (Phi) is 42.1. The number of hydrogen-bond donors (Lipinski definition) is 0. The van der Waals surface area contributed by atoms with Crippen molar-refractivity contribution in [1.82, 2.24) is 0 Å². The largest absolute Gasteiger partial charge is 0.462 e. The molecule has 0 saturated heterocycles. The SMILES string of the molecule is CC/C=C\C/C=C\C/C=C\C/C=C\C/C=C\CC(=O)OC(COC(=O)CCCCCCC)COC(=O)CCCCCCCC/C=C\C/C=C\C/C=C\CCCCC. The van der Waals surface area contributed by atoms with E-state index in [4.69, 9.17) is 14.2 Å². The van der Waals surface area contributed by atoms with E-state index in [0.29, 0.717) is 12.8 Å². The van der Waals surface area contributed by atoms with Gasteiger partial charge in [-0.25, -0.2) is 0 Å². The number of allylic oxidation sites excluding steroid dienone is 15. The molecule has 0 radical (unpaired) electrons. The first-order valence-corrected chi connectivity index (χ1v) is 22.7. The minimum absolute atomic E-state index is 0.0916. The molecule has 0 aromatic rings. The maximum Gasteiger partial charge on any atom is 0.310 e. The topological polar surface area (TPSA) is 78.9 Å². The van der Waals surface area contributed by atoms with E-state index in [0.717, 1.165) is 109 Å². The highest BCUT2D eigenvalue weighted by Gasteiger charge is 2.19. The molecule has 6 heteroatoms. The van der Waals surface area contributed by atoms with E-state index in [1.807, 2.05) is 6.08 Å². The van der Waals surface area contributed by atoms with Crippen LogP contribution in [0, 0.1) is 0 Å². The van der Waals surface area contributed by atoms with Crippen LogP contribution in [0.3, 0.4) is 0 Å². The van der Waals surface area contributed by atoms with Gasteiger partial charge in [0, 0.05) is 12.8 Å². The fourth-order valence-electron chi connectivity index (χ4n) is 5.70. The quantitative estimate of drug-likeness (QED) is 0.0267. The zero-order valence-corrected chi connectivity index (χ0v) is 36.6. The monoisotopic (exact) mass is 791 g/mol. The minimum Gasteiger partial charge on any atom is -0.462 e. The minimum atomic E-state index is -0.833. The lowest BCUT2D eigenvalue weighted by molar-refractivity contribution is -0.166. The van der Waals surface area contributed by atoms with Gasteiger partial charge in [-0.1, -0.05) is 182 Å². The number of ether oxygens (including phenoxy) is 3. The lowest BCUT2D eigenvalue weighted by atomic mass is 10.1. The first-order chi connectivity index (χ1) is 28.0. The zero-order chi connectivity index (χ0) is 41.5.